The quantitative estimate of drug-likeness (QED) is 0.877. The summed E-state index contributed by atoms with van der Waals surface area (Å²) in [7, 11) is 0. The van der Waals surface area contributed by atoms with Gasteiger partial charge in [-0.1, -0.05) is 19.1 Å². The number of fused-ring (bicyclic) bond motifs is 1. The summed E-state index contributed by atoms with van der Waals surface area (Å²) in [6.07, 6.45) is 0. The Morgan fingerprint density at radius 1 is 1.45 bits per heavy atom. The third-order valence-electron chi connectivity index (χ3n) is 3.29. The van der Waals surface area contributed by atoms with Crippen LogP contribution in [0.3, 0.4) is 0 Å². The summed E-state index contributed by atoms with van der Waals surface area (Å²) in [5, 5.41) is 17.2. The van der Waals surface area contributed by atoms with Gasteiger partial charge in [-0.2, -0.15) is 0 Å². The Kier molecular flexibility index (Phi) is 4.34. The van der Waals surface area contributed by atoms with Crippen LogP contribution < -0.4 is 0 Å². The van der Waals surface area contributed by atoms with Crippen molar-refractivity contribution in [2.45, 2.75) is 26.8 Å². The molecule has 0 radical (unpaired) electrons. The number of hydrogen-bond donors (Lipinski definition) is 1. The second-order valence-corrected chi connectivity index (χ2v) is 5.01. The molecule has 0 aliphatic carbocycles. The molecule has 6 heteroatoms. The minimum absolute atomic E-state index is 0.0793. The van der Waals surface area contributed by atoms with Crippen LogP contribution in [0.15, 0.2) is 18.2 Å². The summed E-state index contributed by atoms with van der Waals surface area (Å²) in [6, 6.07) is 4.94. The first-order valence-corrected chi connectivity index (χ1v) is 6.70. The van der Waals surface area contributed by atoms with Gasteiger partial charge >= 0.3 is 5.97 Å². The second kappa shape index (κ2) is 6.00. The Bertz CT molecular complexity index is 607. The van der Waals surface area contributed by atoms with E-state index in [1.54, 1.807) is 18.2 Å². The molecular formula is C14H19N3O3. The van der Waals surface area contributed by atoms with Crippen LogP contribution >= 0.6 is 0 Å². The number of rotatable bonds is 6. The van der Waals surface area contributed by atoms with Gasteiger partial charge in [0.25, 0.3) is 0 Å². The van der Waals surface area contributed by atoms with Gasteiger partial charge in [-0.25, -0.2) is 9.48 Å². The van der Waals surface area contributed by atoms with Crippen molar-refractivity contribution in [1.29, 1.82) is 0 Å². The lowest BCUT2D eigenvalue weighted by Gasteiger charge is -2.21. The predicted octanol–water partition coefficient (Wildman–Crippen LogP) is 2.36. The fourth-order valence-corrected chi connectivity index (χ4v) is 2.10. The van der Waals surface area contributed by atoms with E-state index in [0.717, 1.165) is 5.52 Å². The Labute approximate surface area is 117 Å². The summed E-state index contributed by atoms with van der Waals surface area (Å²) in [6.45, 7) is 7.37. The van der Waals surface area contributed by atoms with Crippen LogP contribution in [0.1, 0.15) is 37.2 Å². The van der Waals surface area contributed by atoms with Crippen LogP contribution in [-0.4, -0.2) is 39.3 Å². The fourth-order valence-electron chi connectivity index (χ4n) is 2.10. The van der Waals surface area contributed by atoms with Crippen molar-refractivity contribution in [3.63, 3.8) is 0 Å². The molecule has 1 heterocycles. The topological polar surface area (TPSA) is 77.2 Å². The lowest BCUT2D eigenvalue weighted by molar-refractivity contribution is 0.0697. The zero-order valence-electron chi connectivity index (χ0n) is 11.9. The van der Waals surface area contributed by atoms with Gasteiger partial charge in [0.1, 0.15) is 5.52 Å². The van der Waals surface area contributed by atoms with E-state index in [2.05, 4.69) is 24.2 Å². The van der Waals surface area contributed by atoms with E-state index in [-0.39, 0.29) is 11.6 Å². The van der Waals surface area contributed by atoms with Crippen LogP contribution in [-0.2, 0) is 4.74 Å². The zero-order chi connectivity index (χ0) is 14.7. The van der Waals surface area contributed by atoms with Gasteiger partial charge in [0, 0.05) is 6.61 Å². The SMILES string of the molecule is CCOCC(C(C)C)n1nnc2cc(C(=O)O)ccc21. The lowest BCUT2D eigenvalue weighted by Crippen LogP contribution is -2.22. The van der Waals surface area contributed by atoms with Crippen molar-refractivity contribution in [2.75, 3.05) is 13.2 Å². The van der Waals surface area contributed by atoms with Crippen molar-refractivity contribution in [1.82, 2.24) is 15.0 Å². The Balaban J connectivity index is 2.40. The molecule has 1 aromatic heterocycles. The maximum Gasteiger partial charge on any atom is 0.335 e. The molecule has 0 spiro atoms. The van der Waals surface area contributed by atoms with Crippen LogP contribution in [0.25, 0.3) is 11.0 Å². The van der Waals surface area contributed by atoms with Crippen molar-refractivity contribution >= 4 is 17.0 Å². The molecule has 108 valence electrons. The molecule has 0 aliphatic heterocycles. The first-order valence-electron chi connectivity index (χ1n) is 6.70. The summed E-state index contributed by atoms with van der Waals surface area (Å²) in [5.41, 5.74) is 1.64. The third-order valence-corrected chi connectivity index (χ3v) is 3.29. The fraction of sp³-hybridized carbons (Fsp3) is 0.500. The van der Waals surface area contributed by atoms with Gasteiger partial charge in [-0.3, -0.25) is 0 Å². The maximum atomic E-state index is 11.0. The van der Waals surface area contributed by atoms with Crippen LogP contribution in [0.2, 0.25) is 0 Å². The largest absolute Gasteiger partial charge is 0.478 e. The standard InChI is InChI=1S/C14H19N3O3/c1-4-20-8-13(9(2)3)17-12-6-5-10(14(18)19)7-11(12)15-16-17/h5-7,9,13H,4,8H2,1-3H3,(H,18,19). The van der Waals surface area contributed by atoms with E-state index >= 15 is 0 Å². The molecule has 1 aromatic carbocycles. The number of aromatic nitrogens is 3. The van der Waals surface area contributed by atoms with Crippen molar-refractivity contribution in [3.05, 3.63) is 23.8 Å². The highest BCUT2D eigenvalue weighted by Gasteiger charge is 2.20. The maximum absolute atomic E-state index is 11.0. The molecule has 0 saturated heterocycles. The zero-order valence-corrected chi connectivity index (χ0v) is 11.9. The van der Waals surface area contributed by atoms with Crippen LogP contribution in [0, 0.1) is 5.92 Å². The van der Waals surface area contributed by atoms with Crippen LogP contribution in [0.5, 0.6) is 0 Å². The average Bonchev–Trinajstić information content (AvgIpc) is 2.82. The number of carboxylic acids is 1. The number of benzene rings is 1. The number of carboxylic acid groups (broad SMARTS) is 1. The van der Waals surface area contributed by atoms with Crippen molar-refractivity contribution in [3.8, 4) is 0 Å². The molecule has 1 atom stereocenters. The van der Waals surface area contributed by atoms with E-state index in [9.17, 15) is 4.79 Å². The van der Waals surface area contributed by atoms with Gasteiger partial charge in [-0.15, -0.1) is 5.10 Å². The van der Waals surface area contributed by atoms with Gasteiger partial charge in [0.15, 0.2) is 0 Å². The normalized spacial score (nSPS) is 13.0. The van der Waals surface area contributed by atoms with E-state index in [4.69, 9.17) is 9.84 Å². The molecular weight excluding hydrogens is 258 g/mol. The van der Waals surface area contributed by atoms with Crippen molar-refractivity contribution in [2.24, 2.45) is 5.92 Å². The van der Waals surface area contributed by atoms with E-state index in [0.29, 0.717) is 24.6 Å². The molecule has 0 bridgehead atoms. The molecule has 20 heavy (non-hydrogen) atoms. The molecule has 0 fully saturated rings. The molecule has 2 rings (SSSR count). The third kappa shape index (κ3) is 2.80. The molecule has 0 amide bonds. The number of hydrogen-bond acceptors (Lipinski definition) is 4. The summed E-state index contributed by atoms with van der Waals surface area (Å²) < 4.78 is 7.33. The molecule has 1 unspecified atom stereocenters. The summed E-state index contributed by atoms with van der Waals surface area (Å²) in [4.78, 5) is 11.0. The number of carbonyl (C=O) groups is 1. The predicted molar refractivity (Wildman–Crippen MR) is 74.9 cm³/mol. The molecule has 0 aliphatic rings. The molecule has 6 nitrogen and oxygen atoms in total. The van der Waals surface area contributed by atoms with Crippen LogP contribution in [0.4, 0.5) is 0 Å². The van der Waals surface area contributed by atoms with Gasteiger partial charge in [0.2, 0.25) is 0 Å². The molecule has 0 saturated carbocycles. The highest BCUT2D eigenvalue weighted by atomic mass is 16.5. The Morgan fingerprint density at radius 3 is 2.80 bits per heavy atom. The Morgan fingerprint density at radius 2 is 2.20 bits per heavy atom. The van der Waals surface area contributed by atoms with Gasteiger partial charge in [0.05, 0.1) is 23.7 Å². The lowest BCUT2D eigenvalue weighted by atomic mass is 10.1. The van der Waals surface area contributed by atoms with Gasteiger partial charge < -0.3 is 9.84 Å². The average molecular weight is 277 g/mol. The number of aromatic carboxylic acids is 1. The number of ether oxygens (including phenoxy) is 1. The van der Waals surface area contributed by atoms with E-state index in [1.807, 2.05) is 11.6 Å². The number of nitrogens with zero attached hydrogens (tertiary/aromatic N) is 3. The van der Waals surface area contributed by atoms with Gasteiger partial charge in [-0.05, 0) is 31.0 Å². The monoisotopic (exact) mass is 277 g/mol. The highest BCUT2D eigenvalue weighted by molar-refractivity contribution is 5.92. The smallest absolute Gasteiger partial charge is 0.335 e. The summed E-state index contributed by atoms with van der Waals surface area (Å²) in [5.74, 6) is -0.623. The first kappa shape index (κ1) is 14.5. The second-order valence-electron chi connectivity index (χ2n) is 5.01. The highest BCUT2D eigenvalue weighted by Crippen LogP contribution is 2.23. The molecule has 2 aromatic rings. The minimum atomic E-state index is -0.962. The summed E-state index contributed by atoms with van der Waals surface area (Å²) >= 11 is 0. The first-order chi connectivity index (χ1) is 9.54. The van der Waals surface area contributed by atoms with Crippen molar-refractivity contribution < 1.29 is 14.6 Å². The van der Waals surface area contributed by atoms with E-state index < -0.39 is 5.97 Å². The van der Waals surface area contributed by atoms with E-state index in [1.165, 1.54) is 0 Å². The molecule has 1 N–H and O–H groups in total. The Hall–Kier alpha value is -1.95. The minimum Gasteiger partial charge on any atom is -0.478 e.